The molecule has 0 spiro atoms. The SMILES string of the molecule is O=C(NN=Cc1ccc(OCc2ccccc2)cc1)c1cnccn1. The van der Waals surface area contributed by atoms with Crippen molar-refractivity contribution in [1.29, 1.82) is 0 Å². The van der Waals surface area contributed by atoms with E-state index in [-0.39, 0.29) is 5.69 Å². The molecule has 0 aliphatic carbocycles. The number of aromatic nitrogens is 2. The zero-order chi connectivity index (χ0) is 17.3. The molecule has 3 aromatic rings. The first kappa shape index (κ1) is 16.3. The van der Waals surface area contributed by atoms with Gasteiger partial charge in [0.05, 0.1) is 12.4 Å². The van der Waals surface area contributed by atoms with Gasteiger partial charge in [-0.15, -0.1) is 0 Å². The molecule has 6 heteroatoms. The van der Waals surface area contributed by atoms with Crippen LogP contribution in [-0.4, -0.2) is 22.1 Å². The summed E-state index contributed by atoms with van der Waals surface area (Å²) in [5.74, 6) is 0.358. The predicted octanol–water partition coefficient (Wildman–Crippen LogP) is 2.82. The van der Waals surface area contributed by atoms with Gasteiger partial charge >= 0.3 is 0 Å². The number of hydrogen-bond donors (Lipinski definition) is 1. The van der Waals surface area contributed by atoms with Gasteiger partial charge in [0.1, 0.15) is 18.1 Å². The minimum absolute atomic E-state index is 0.212. The van der Waals surface area contributed by atoms with Crippen molar-refractivity contribution in [3.63, 3.8) is 0 Å². The molecule has 0 aliphatic rings. The van der Waals surface area contributed by atoms with E-state index in [4.69, 9.17) is 4.74 Å². The average Bonchev–Trinajstić information content (AvgIpc) is 2.69. The molecule has 3 rings (SSSR count). The molecular formula is C19H16N4O2. The maximum atomic E-state index is 11.8. The Bertz CT molecular complexity index is 834. The second-order valence-electron chi connectivity index (χ2n) is 5.13. The molecule has 1 N–H and O–H groups in total. The van der Waals surface area contributed by atoms with E-state index in [0.717, 1.165) is 16.9 Å². The molecule has 0 bridgehead atoms. The van der Waals surface area contributed by atoms with Crippen LogP contribution in [0.3, 0.4) is 0 Å². The summed E-state index contributed by atoms with van der Waals surface area (Å²) in [4.78, 5) is 19.5. The minimum Gasteiger partial charge on any atom is -0.489 e. The molecule has 1 heterocycles. The number of rotatable bonds is 6. The highest BCUT2D eigenvalue weighted by Gasteiger charge is 2.04. The van der Waals surface area contributed by atoms with E-state index in [1.54, 1.807) is 6.21 Å². The van der Waals surface area contributed by atoms with Crippen LogP contribution in [0.1, 0.15) is 21.6 Å². The number of nitrogens with one attached hydrogen (secondary N) is 1. The monoisotopic (exact) mass is 332 g/mol. The maximum absolute atomic E-state index is 11.8. The first-order valence-electron chi connectivity index (χ1n) is 7.67. The van der Waals surface area contributed by atoms with E-state index < -0.39 is 5.91 Å². The maximum Gasteiger partial charge on any atom is 0.291 e. The van der Waals surface area contributed by atoms with Gasteiger partial charge in [-0.05, 0) is 35.4 Å². The summed E-state index contributed by atoms with van der Waals surface area (Å²) < 4.78 is 5.72. The van der Waals surface area contributed by atoms with Crippen molar-refractivity contribution < 1.29 is 9.53 Å². The fourth-order valence-corrected chi connectivity index (χ4v) is 2.03. The van der Waals surface area contributed by atoms with Gasteiger partial charge in [-0.3, -0.25) is 9.78 Å². The fraction of sp³-hybridized carbons (Fsp3) is 0.0526. The number of carbonyl (C=O) groups excluding carboxylic acids is 1. The van der Waals surface area contributed by atoms with Gasteiger partial charge in [0.2, 0.25) is 0 Å². The van der Waals surface area contributed by atoms with E-state index in [1.165, 1.54) is 18.6 Å². The van der Waals surface area contributed by atoms with Crippen LogP contribution < -0.4 is 10.2 Å². The fourth-order valence-electron chi connectivity index (χ4n) is 2.03. The standard InChI is InChI=1S/C19H16N4O2/c24-19(18-13-20-10-11-21-18)23-22-12-15-6-8-17(9-7-15)25-14-16-4-2-1-3-5-16/h1-13H,14H2,(H,23,24). The molecule has 0 saturated carbocycles. The number of nitrogens with zero attached hydrogens (tertiary/aromatic N) is 3. The minimum atomic E-state index is -0.410. The second-order valence-corrected chi connectivity index (χ2v) is 5.13. The lowest BCUT2D eigenvalue weighted by molar-refractivity contribution is 0.0949. The normalized spacial score (nSPS) is 10.6. The molecule has 0 aliphatic heterocycles. The number of benzene rings is 2. The highest BCUT2D eigenvalue weighted by Crippen LogP contribution is 2.13. The molecule has 0 fully saturated rings. The van der Waals surface area contributed by atoms with Crippen molar-refractivity contribution in [1.82, 2.24) is 15.4 Å². The van der Waals surface area contributed by atoms with Crippen molar-refractivity contribution in [3.05, 3.63) is 90.0 Å². The van der Waals surface area contributed by atoms with E-state index in [9.17, 15) is 4.79 Å². The van der Waals surface area contributed by atoms with Gasteiger partial charge in [0.25, 0.3) is 5.91 Å². The summed E-state index contributed by atoms with van der Waals surface area (Å²) in [5, 5.41) is 3.91. The lowest BCUT2D eigenvalue weighted by atomic mass is 10.2. The number of amides is 1. The van der Waals surface area contributed by atoms with E-state index in [0.29, 0.717) is 6.61 Å². The summed E-state index contributed by atoms with van der Waals surface area (Å²) in [7, 11) is 0. The molecule has 25 heavy (non-hydrogen) atoms. The molecule has 0 atom stereocenters. The van der Waals surface area contributed by atoms with Crippen molar-refractivity contribution in [2.24, 2.45) is 5.10 Å². The number of ether oxygens (including phenoxy) is 1. The Balaban J connectivity index is 1.51. The van der Waals surface area contributed by atoms with Gasteiger partial charge < -0.3 is 4.74 Å². The average molecular weight is 332 g/mol. The lowest BCUT2D eigenvalue weighted by Crippen LogP contribution is -2.19. The zero-order valence-electron chi connectivity index (χ0n) is 13.4. The van der Waals surface area contributed by atoms with Gasteiger partial charge in [0, 0.05) is 12.4 Å². The molecule has 1 amide bonds. The smallest absolute Gasteiger partial charge is 0.291 e. The Morgan fingerprint density at radius 1 is 1.08 bits per heavy atom. The summed E-state index contributed by atoms with van der Waals surface area (Å²) in [6, 6.07) is 17.4. The highest BCUT2D eigenvalue weighted by molar-refractivity contribution is 5.92. The van der Waals surface area contributed by atoms with Crippen molar-refractivity contribution in [2.75, 3.05) is 0 Å². The quantitative estimate of drug-likeness (QED) is 0.556. The topological polar surface area (TPSA) is 76.5 Å². The summed E-state index contributed by atoms with van der Waals surface area (Å²) in [5.41, 5.74) is 4.57. The van der Waals surface area contributed by atoms with Crippen molar-refractivity contribution in [2.45, 2.75) is 6.61 Å². The lowest BCUT2D eigenvalue weighted by Gasteiger charge is -2.06. The van der Waals surface area contributed by atoms with Gasteiger partial charge in [-0.25, -0.2) is 10.4 Å². The molecule has 1 aromatic heterocycles. The number of carbonyl (C=O) groups is 1. The Morgan fingerprint density at radius 3 is 2.60 bits per heavy atom. The van der Waals surface area contributed by atoms with Crippen molar-refractivity contribution in [3.8, 4) is 5.75 Å². The van der Waals surface area contributed by atoms with Crippen molar-refractivity contribution >= 4 is 12.1 Å². The molecule has 124 valence electrons. The Kier molecular flexibility index (Phi) is 5.45. The molecular weight excluding hydrogens is 316 g/mol. The van der Waals surface area contributed by atoms with Crippen LogP contribution in [0.15, 0.2) is 78.3 Å². The molecule has 6 nitrogen and oxygen atoms in total. The molecule has 0 unspecified atom stereocenters. The largest absolute Gasteiger partial charge is 0.489 e. The Labute approximate surface area is 145 Å². The molecule has 0 radical (unpaired) electrons. The van der Waals surface area contributed by atoms with Crippen LogP contribution in [-0.2, 0) is 6.61 Å². The summed E-state index contributed by atoms with van der Waals surface area (Å²) in [6.07, 6.45) is 5.88. The van der Waals surface area contributed by atoms with Crippen LogP contribution in [0.2, 0.25) is 0 Å². The zero-order valence-corrected chi connectivity index (χ0v) is 13.4. The van der Waals surface area contributed by atoms with Gasteiger partial charge in [0.15, 0.2) is 0 Å². The third-order valence-corrected chi connectivity index (χ3v) is 3.30. The van der Waals surface area contributed by atoms with Gasteiger partial charge in [-0.1, -0.05) is 30.3 Å². The molecule has 2 aromatic carbocycles. The first-order chi connectivity index (χ1) is 12.3. The predicted molar refractivity (Wildman–Crippen MR) is 94.3 cm³/mol. The summed E-state index contributed by atoms with van der Waals surface area (Å²) in [6.45, 7) is 0.516. The first-order valence-corrected chi connectivity index (χ1v) is 7.67. The third kappa shape index (κ3) is 4.97. The number of hydrazone groups is 1. The van der Waals surface area contributed by atoms with Crippen LogP contribution >= 0.6 is 0 Å². The highest BCUT2D eigenvalue weighted by atomic mass is 16.5. The van der Waals surface area contributed by atoms with E-state index >= 15 is 0 Å². The Morgan fingerprint density at radius 2 is 1.88 bits per heavy atom. The van der Waals surface area contributed by atoms with Crippen LogP contribution in [0.4, 0.5) is 0 Å². The van der Waals surface area contributed by atoms with E-state index in [1.807, 2.05) is 54.6 Å². The van der Waals surface area contributed by atoms with Gasteiger partial charge in [-0.2, -0.15) is 5.10 Å². The third-order valence-electron chi connectivity index (χ3n) is 3.30. The van der Waals surface area contributed by atoms with Crippen LogP contribution in [0.25, 0.3) is 0 Å². The van der Waals surface area contributed by atoms with Crippen LogP contribution in [0.5, 0.6) is 5.75 Å². The van der Waals surface area contributed by atoms with E-state index in [2.05, 4.69) is 20.5 Å². The summed E-state index contributed by atoms with van der Waals surface area (Å²) >= 11 is 0. The Hall–Kier alpha value is -3.54. The number of hydrogen-bond acceptors (Lipinski definition) is 5. The second kappa shape index (κ2) is 8.35. The van der Waals surface area contributed by atoms with Crippen LogP contribution in [0, 0.1) is 0 Å². The molecule has 0 saturated heterocycles.